The van der Waals surface area contributed by atoms with Gasteiger partial charge in [-0.3, -0.25) is 4.79 Å². The zero-order valence-electron chi connectivity index (χ0n) is 17.3. The zero-order chi connectivity index (χ0) is 21.5. The van der Waals surface area contributed by atoms with E-state index < -0.39 is 0 Å². The Bertz CT molecular complexity index is 1210. The van der Waals surface area contributed by atoms with Gasteiger partial charge in [-0.15, -0.1) is 0 Å². The topological polar surface area (TPSA) is 40.9 Å². The van der Waals surface area contributed by atoms with Gasteiger partial charge in [0.05, 0.1) is 11.6 Å². The Kier molecular flexibility index (Phi) is 6.35. The number of carbonyl (C=O) groups is 1. The molecule has 0 N–H and O–H groups in total. The van der Waals surface area contributed by atoms with Crippen LogP contribution in [0.3, 0.4) is 0 Å². The largest absolute Gasteiger partial charge is 0.294 e. The Morgan fingerprint density at radius 1 is 0.839 bits per heavy atom. The SMILES string of the molecule is N#Cc1ccc(-c2ccccc2)cc1CC(=O)C1=C/CC/C=C/C(c2ccccc2)=C\1. The first-order valence-electron chi connectivity index (χ1n) is 10.5. The quantitative estimate of drug-likeness (QED) is 0.477. The van der Waals surface area contributed by atoms with Gasteiger partial charge >= 0.3 is 0 Å². The summed E-state index contributed by atoms with van der Waals surface area (Å²) in [5.74, 6) is 0.0328. The van der Waals surface area contributed by atoms with E-state index in [4.69, 9.17) is 0 Å². The van der Waals surface area contributed by atoms with Crippen LogP contribution in [0.5, 0.6) is 0 Å². The first-order valence-corrected chi connectivity index (χ1v) is 10.5. The molecule has 0 amide bonds. The van der Waals surface area contributed by atoms with Gasteiger partial charge in [-0.2, -0.15) is 5.26 Å². The van der Waals surface area contributed by atoms with Gasteiger partial charge in [0.2, 0.25) is 0 Å². The molecule has 0 saturated carbocycles. The molecule has 1 aliphatic rings. The van der Waals surface area contributed by atoms with E-state index in [0.717, 1.165) is 40.7 Å². The van der Waals surface area contributed by atoms with Gasteiger partial charge in [0, 0.05) is 12.0 Å². The lowest BCUT2D eigenvalue weighted by Gasteiger charge is -2.11. The van der Waals surface area contributed by atoms with E-state index >= 15 is 0 Å². The average molecular weight is 402 g/mol. The molecule has 4 rings (SSSR count). The molecule has 3 aromatic carbocycles. The molecule has 0 atom stereocenters. The highest BCUT2D eigenvalue weighted by Crippen LogP contribution is 2.25. The van der Waals surface area contributed by atoms with E-state index in [1.807, 2.05) is 78.9 Å². The fourth-order valence-corrected chi connectivity index (χ4v) is 3.76. The molecule has 0 bridgehead atoms. The second-order valence-electron chi connectivity index (χ2n) is 7.55. The number of rotatable bonds is 5. The van der Waals surface area contributed by atoms with E-state index in [1.54, 1.807) is 0 Å². The van der Waals surface area contributed by atoms with Crippen molar-refractivity contribution in [3.8, 4) is 17.2 Å². The molecule has 2 nitrogen and oxygen atoms in total. The molecule has 1 aliphatic carbocycles. The summed E-state index contributed by atoms with van der Waals surface area (Å²) in [5, 5.41) is 9.58. The molecule has 150 valence electrons. The van der Waals surface area contributed by atoms with E-state index in [2.05, 4.69) is 30.4 Å². The first-order chi connectivity index (χ1) is 15.2. The smallest absolute Gasteiger partial charge is 0.166 e. The Balaban J connectivity index is 1.65. The van der Waals surface area contributed by atoms with Crippen molar-refractivity contribution in [1.29, 1.82) is 5.26 Å². The molecule has 0 aliphatic heterocycles. The number of hydrogen-bond donors (Lipinski definition) is 0. The predicted octanol–water partition coefficient (Wildman–Crippen LogP) is 6.70. The maximum atomic E-state index is 13.3. The minimum absolute atomic E-state index is 0.0328. The van der Waals surface area contributed by atoms with E-state index in [1.165, 1.54) is 0 Å². The van der Waals surface area contributed by atoms with E-state index in [0.29, 0.717) is 11.1 Å². The van der Waals surface area contributed by atoms with Crippen LogP contribution in [-0.4, -0.2) is 5.78 Å². The fraction of sp³-hybridized carbons (Fsp3) is 0.103. The van der Waals surface area contributed by atoms with Crippen LogP contribution in [0, 0.1) is 11.3 Å². The molecule has 0 aromatic heterocycles. The summed E-state index contributed by atoms with van der Waals surface area (Å²) in [7, 11) is 0. The van der Waals surface area contributed by atoms with Crippen LogP contribution in [0.15, 0.2) is 109 Å². The second kappa shape index (κ2) is 9.69. The molecule has 2 heteroatoms. The number of nitriles is 1. The molecule has 0 unspecified atom stereocenters. The normalized spacial score (nSPS) is 17.8. The van der Waals surface area contributed by atoms with Crippen LogP contribution in [0.2, 0.25) is 0 Å². The summed E-state index contributed by atoms with van der Waals surface area (Å²) < 4.78 is 0. The van der Waals surface area contributed by atoms with E-state index in [-0.39, 0.29) is 12.2 Å². The van der Waals surface area contributed by atoms with Crippen molar-refractivity contribution >= 4 is 11.4 Å². The van der Waals surface area contributed by atoms with Gasteiger partial charge in [0.25, 0.3) is 0 Å². The lowest BCUT2D eigenvalue weighted by atomic mass is 9.92. The lowest BCUT2D eigenvalue weighted by molar-refractivity contribution is -0.114. The molecule has 0 fully saturated rings. The monoisotopic (exact) mass is 401 g/mol. The Morgan fingerprint density at radius 2 is 1.55 bits per heavy atom. The van der Waals surface area contributed by atoms with Crippen molar-refractivity contribution in [3.63, 3.8) is 0 Å². The highest BCUT2D eigenvalue weighted by molar-refractivity contribution is 6.02. The maximum absolute atomic E-state index is 13.3. The van der Waals surface area contributed by atoms with Crippen LogP contribution in [0.25, 0.3) is 16.7 Å². The summed E-state index contributed by atoms with van der Waals surface area (Å²) >= 11 is 0. The first kappa shape index (κ1) is 20.3. The molecule has 31 heavy (non-hydrogen) atoms. The van der Waals surface area contributed by atoms with Crippen LogP contribution < -0.4 is 0 Å². The predicted molar refractivity (Wildman–Crippen MR) is 126 cm³/mol. The van der Waals surface area contributed by atoms with Crippen molar-refractivity contribution < 1.29 is 4.79 Å². The molecule has 0 heterocycles. The van der Waals surface area contributed by atoms with Crippen LogP contribution in [0.4, 0.5) is 0 Å². The summed E-state index contributed by atoms with van der Waals surface area (Å²) in [6.07, 6.45) is 10.2. The third-order valence-corrected chi connectivity index (χ3v) is 5.42. The Morgan fingerprint density at radius 3 is 2.26 bits per heavy atom. The molecular formula is C29H23NO. The number of hydrogen-bond acceptors (Lipinski definition) is 2. The van der Waals surface area contributed by atoms with Crippen LogP contribution in [0.1, 0.15) is 29.5 Å². The van der Waals surface area contributed by atoms with Gasteiger partial charge < -0.3 is 0 Å². The number of nitrogens with zero attached hydrogens (tertiary/aromatic N) is 1. The number of carbonyl (C=O) groups excluding carboxylic acids is 1. The number of Topliss-reactive ketones (excluding diaryl/α,β-unsaturated/α-hetero) is 1. The summed E-state index contributed by atoms with van der Waals surface area (Å²) in [6.45, 7) is 0. The van der Waals surface area contributed by atoms with E-state index in [9.17, 15) is 10.1 Å². The van der Waals surface area contributed by atoms with Gasteiger partial charge in [0.1, 0.15) is 0 Å². The lowest BCUT2D eigenvalue weighted by Crippen LogP contribution is -2.08. The molecule has 0 radical (unpaired) electrons. The molecule has 0 saturated heterocycles. The van der Waals surface area contributed by atoms with Gasteiger partial charge in [-0.05, 0) is 58.9 Å². The minimum Gasteiger partial charge on any atom is -0.294 e. The average Bonchev–Trinajstić information content (AvgIpc) is 2.80. The van der Waals surface area contributed by atoms with Crippen molar-refractivity contribution in [1.82, 2.24) is 0 Å². The Hall–Kier alpha value is -3.96. The summed E-state index contributed by atoms with van der Waals surface area (Å²) in [4.78, 5) is 13.3. The van der Waals surface area contributed by atoms with Gasteiger partial charge in [0.15, 0.2) is 5.78 Å². The molecular weight excluding hydrogens is 378 g/mol. The highest BCUT2D eigenvalue weighted by atomic mass is 16.1. The van der Waals surface area contributed by atoms with Crippen LogP contribution >= 0.6 is 0 Å². The standard InChI is InChI=1S/C29H23NO/c30-21-27-17-16-25(23-12-6-2-7-13-23)19-28(27)20-29(31)26-15-9-3-8-14-24(18-26)22-10-4-1-5-11-22/h1-2,4-8,10-19H,3,9,20H2/b14-8+,24-18+,26-15+. The Labute approximate surface area is 183 Å². The summed E-state index contributed by atoms with van der Waals surface area (Å²) in [5.41, 5.74) is 6.21. The van der Waals surface area contributed by atoms with Gasteiger partial charge in [-0.25, -0.2) is 0 Å². The zero-order valence-corrected chi connectivity index (χ0v) is 17.3. The second-order valence-corrected chi connectivity index (χ2v) is 7.55. The highest BCUT2D eigenvalue weighted by Gasteiger charge is 2.14. The maximum Gasteiger partial charge on any atom is 0.166 e. The molecule has 3 aromatic rings. The summed E-state index contributed by atoms with van der Waals surface area (Å²) in [6, 6.07) is 28.1. The third-order valence-electron chi connectivity index (χ3n) is 5.42. The third kappa shape index (κ3) is 4.97. The van der Waals surface area contributed by atoms with Crippen LogP contribution in [-0.2, 0) is 11.2 Å². The number of benzene rings is 3. The molecule has 0 spiro atoms. The fourth-order valence-electron chi connectivity index (χ4n) is 3.76. The minimum atomic E-state index is 0.0328. The van der Waals surface area contributed by atoms with Gasteiger partial charge in [-0.1, -0.05) is 85.0 Å². The van der Waals surface area contributed by atoms with Crippen molar-refractivity contribution in [2.24, 2.45) is 0 Å². The number of ketones is 1. The van der Waals surface area contributed by atoms with Crippen molar-refractivity contribution in [2.45, 2.75) is 19.3 Å². The number of allylic oxidation sites excluding steroid dienone is 6. The van der Waals surface area contributed by atoms with Crippen molar-refractivity contribution in [3.05, 3.63) is 125 Å². The van der Waals surface area contributed by atoms with Crippen molar-refractivity contribution in [2.75, 3.05) is 0 Å².